The Morgan fingerprint density at radius 3 is 1.40 bits per heavy atom. The summed E-state index contributed by atoms with van der Waals surface area (Å²) in [4.78, 5) is 61.9. The second-order valence-electron chi connectivity index (χ2n) is 12.2. The number of carbonyl (C=O) groups excluding carboxylic acids is 5. The third-order valence-electron chi connectivity index (χ3n) is 7.93. The molecule has 294 valence electrons. The molecule has 12 heteroatoms. The molecule has 0 saturated carbocycles. The van der Waals surface area contributed by atoms with Gasteiger partial charge in [-0.1, -0.05) is 39.3 Å². The molecule has 0 fully saturated rings. The Kier molecular flexibility index (Phi) is 19.9. The van der Waals surface area contributed by atoms with E-state index in [-0.39, 0.29) is 34.8 Å². The van der Waals surface area contributed by atoms with E-state index in [0.29, 0.717) is 57.2 Å². The summed E-state index contributed by atoms with van der Waals surface area (Å²) in [6.45, 7) is 10.5. The minimum Gasteiger partial charge on any atom is -0.494 e. The molecule has 0 heterocycles. The van der Waals surface area contributed by atoms with Crippen LogP contribution in [0.5, 0.6) is 23.0 Å². The first kappa shape index (κ1) is 43.5. The lowest BCUT2D eigenvalue weighted by atomic mass is 10.0. The van der Waals surface area contributed by atoms with Crippen LogP contribution >= 0.6 is 0 Å². The van der Waals surface area contributed by atoms with Crippen molar-refractivity contribution >= 4 is 29.8 Å². The first-order valence-corrected chi connectivity index (χ1v) is 18.5. The fraction of sp³-hybridized carbons (Fsp3) is 0.372. The number of benzene rings is 3. The lowest BCUT2D eigenvalue weighted by molar-refractivity contribution is -0.138. The van der Waals surface area contributed by atoms with E-state index in [2.05, 4.69) is 20.1 Å². The van der Waals surface area contributed by atoms with E-state index in [9.17, 15) is 24.0 Å². The van der Waals surface area contributed by atoms with E-state index in [1.54, 1.807) is 48.5 Å². The highest BCUT2D eigenvalue weighted by Gasteiger charge is 2.23. The molecule has 0 aliphatic heterocycles. The lowest BCUT2D eigenvalue weighted by Crippen LogP contribution is -2.18. The first-order valence-electron chi connectivity index (χ1n) is 18.5. The van der Waals surface area contributed by atoms with Crippen LogP contribution in [0.3, 0.4) is 0 Å². The number of ether oxygens (including phenoxy) is 7. The first-order chi connectivity index (χ1) is 26.7. The van der Waals surface area contributed by atoms with Crippen molar-refractivity contribution in [3.63, 3.8) is 0 Å². The Bertz CT molecular complexity index is 1700. The maximum absolute atomic E-state index is 13.3. The maximum atomic E-state index is 13.3. The van der Waals surface area contributed by atoms with Gasteiger partial charge in [-0.25, -0.2) is 24.0 Å². The van der Waals surface area contributed by atoms with Gasteiger partial charge in [-0.05, 0) is 112 Å². The number of carbonyl (C=O) groups is 5. The molecule has 3 rings (SSSR count). The van der Waals surface area contributed by atoms with Crippen LogP contribution in [0.2, 0.25) is 0 Å². The Hall–Kier alpha value is -5.91. The van der Waals surface area contributed by atoms with Crippen LogP contribution in [-0.2, 0) is 23.8 Å². The van der Waals surface area contributed by atoms with Crippen molar-refractivity contribution in [2.24, 2.45) is 0 Å². The molecule has 3 aromatic rings. The number of unbranched alkanes of at least 4 members (excludes halogenated alkanes) is 7. The zero-order valence-corrected chi connectivity index (χ0v) is 31.4. The van der Waals surface area contributed by atoms with Crippen molar-refractivity contribution in [3.05, 3.63) is 109 Å². The van der Waals surface area contributed by atoms with Crippen LogP contribution in [0, 0.1) is 0 Å². The minimum absolute atomic E-state index is 0.0351. The maximum Gasteiger partial charge on any atom is 0.344 e. The molecule has 0 aromatic heterocycles. The number of rotatable bonds is 26. The van der Waals surface area contributed by atoms with Gasteiger partial charge in [0.15, 0.2) is 0 Å². The predicted octanol–water partition coefficient (Wildman–Crippen LogP) is 8.42. The van der Waals surface area contributed by atoms with Gasteiger partial charge >= 0.3 is 29.8 Å². The van der Waals surface area contributed by atoms with Crippen LogP contribution in [0.15, 0.2) is 92.0 Å². The summed E-state index contributed by atoms with van der Waals surface area (Å²) in [5.74, 6) is -1.56. The van der Waals surface area contributed by atoms with Crippen LogP contribution < -0.4 is 18.9 Å². The molecule has 55 heavy (non-hydrogen) atoms. The van der Waals surface area contributed by atoms with Gasteiger partial charge in [0.25, 0.3) is 0 Å². The highest BCUT2D eigenvalue weighted by molar-refractivity contribution is 6.06. The summed E-state index contributed by atoms with van der Waals surface area (Å²) in [5.41, 5.74) is -0.168. The average molecular weight is 759 g/mol. The van der Waals surface area contributed by atoms with Crippen molar-refractivity contribution in [1.82, 2.24) is 0 Å². The normalized spacial score (nSPS) is 10.4. The van der Waals surface area contributed by atoms with E-state index in [1.807, 2.05) is 0 Å². The fourth-order valence-electron chi connectivity index (χ4n) is 4.93. The van der Waals surface area contributed by atoms with Gasteiger partial charge in [-0.15, -0.1) is 0 Å². The molecule has 12 nitrogen and oxygen atoms in total. The van der Waals surface area contributed by atoms with E-state index >= 15 is 0 Å². The molecule has 0 radical (unpaired) electrons. The Labute approximate surface area is 322 Å². The second kappa shape index (κ2) is 25.2. The number of hydrogen-bond donors (Lipinski definition) is 0. The summed E-state index contributed by atoms with van der Waals surface area (Å²) in [7, 11) is 0. The lowest BCUT2D eigenvalue weighted by Gasteiger charge is -2.12. The Morgan fingerprint density at radius 2 is 0.909 bits per heavy atom. The summed E-state index contributed by atoms with van der Waals surface area (Å²) in [6, 6.07) is 17.0. The smallest absolute Gasteiger partial charge is 0.344 e. The van der Waals surface area contributed by atoms with Gasteiger partial charge in [0.05, 0.1) is 49.7 Å². The minimum atomic E-state index is -0.810. The van der Waals surface area contributed by atoms with Gasteiger partial charge in [-0.2, -0.15) is 0 Å². The number of esters is 5. The molecule has 0 unspecified atom stereocenters. The van der Waals surface area contributed by atoms with Crippen molar-refractivity contribution in [2.75, 3.05) is 33.0 Å². The monoisotopic (exact) mass is 758 g/mol. The molecule has 0 bridgehead atoms. The molecular weight excluding hydrogens is 708 g/mol. The summed E-state index contributed by atoms with van der Waals surface area (Å²) in [5, 5.41) is 0. The van der Waals surface area contributed by atoms with Gasteiger partial charge < -0.3 is 33.2 Å². The van der Waals surface area contributed by atoms with Crippen LogP contribution in [-0.4, -0.2) is 62.9 Å². The number of hydrogen-bond acceptors (Lipinski definition) is 12. The van der Waals surface area contributed by atoms with Gasteiger partial charge in [0.2, 0.25) is 0 Å². The highest BCUT2D eigenvalue weighted by Crippen LogP contribution is 2.23. The van der Waals surface area contributed by atoms with Gasteiger partial charge in [0, 0.05) is 12.2 Å². The molecule has 0 spiro atoms. The largest absolute Gasteiger partial charge is 0.494 e. The van der Waals surface area contributed by atoms with E-state index < -0.39 is 29.8 Å². The van der Waals surface area contributed by atoms with Crippen molar-refractivity contribution in [2.45, 2.75) is 71.1 Å². The SMILES string of the molecule is C=CC(=O)OCCCCCOc1ccc(OC(=O)c2ccc(C(=O)Oc3ccc(OCCCCCOC(=O)C=C)cc3)c(C(=O)OCCCCCC)c2)cc1. The van der Waals surface area contributed by atoms with E-state index in [1.165, 1.54) is 18.2 Å². The van der Waals surface area contributed by atoms with Crippen LogP contribution in [0.4, 0.5) is 0 Å². The third-order valence-corrected chi connectivity index (χ3v) is 7.93. The summed E-state index contributed by atoms with van der Waals surface area (Å²) >= 11 is 0. The Balaban J connectivity index is 1.58. The van der Waals surface area contributed by atoms with E-state index in [4.69, 9.17) is 33.2 Å². The molecule has 3 aromatic carbocycles. The third kappa shape index (κ3) is 16.8. The second-order valence-corrected chi connectivity index (χ2v) is 12.2. The zero-order valence-electron chi connectivity index (χ0n) is 31.4. The Morgan fingerprint density at radius 1 is 0.473 bits per heavy atom. The van der Waals surface area contributed by atoms with Crippen LogP contribution in [0.25, 0.3) is 0 Å². The van der Waals surface area contributed by atoms with Crippen molar-refractivity contribution in [3.8, 4) is 23.0 Å². The molecule has 0 aliphatic rings. The molecule has 0 aliphatic carbocycles. The summed E-state index contributed by atoms with van der Waals surface area (Å²) in [6.07, 6.45) is 10.4. The molecule has 0 amide bonds. The topological polar surface area (TPSA) is 150 Å². The molecular formula is C43H50O12. The average Bonchev–Trinajstić information content (AvgIpc) is 3.20. The van der Waals surface area contributed by atoms with Gasteiger partial charge in [0.1, 0.15) is 23.0 Å². The molecule has 0 atom stereocenters. The summed E-state index contributed by atoms with van der Waals surface area (Å²) < 4.78 is 38.0. The van der Waals surface area contributed by atoms with Gasteiger partial charge in [-0.3, -0.25) is 0 Å². The van der Waals surface area contributed by atoms with Crippen molar-refractivity contribution in [1.29, 1.82) is 0 Å². The fourth-order valence-corrected chi connectivity index (χ4v) is 4.93. The van der Waals surface area contributed by atoms with E-state index in [0.717, 1.165) is 57.1 Å². The van der Waals surface area contributed by atoms with Crippen molar-refractivity contribution < 1.29 is 57.1 Å². The molecule has 0 N–H and O–H groups in total. The quantitative estimate of drug-likeness (QED) is 0.0254. The highest BCUT2D eigenvalue weighted by atomic mass is 16.6. The molecule has 0 saturated heterocycles. The zero-order chi connectivity index (χ0) is 39.7. The van der Waals surface area contributed by atoms with Crippen LogP contribution in [0.1, 0.15) is 102 Å². The standard InChI is InChI=1S/C43H50O12/c1-4-7-8-11-30-53-42(47)38-31-32(41(46)54-35-21-17-33(18-22-35)49-26-12-9-14-28-51-39(44)5-2)16-25-37(38)43(48)55-36-23-19-34(20-24-36)50-27-13-10-15-29-52-40(45)6-3/h5-6,16-25,31H,2-4,7-15,26-30H2,1H3. The predicted molar refractivity (Wildman–Crippen MR) is 205 cm³/mol.